The second-order valence-electron chi connectivity index (χ2n) is 6.78. The third-order valence-corrected chi connectivity index (χ3v) is 6.56. The average Bonchev–Trinajstić information content (AvgIpc) is 2.21. The van der Waals surface area contributed by atoms with E-state index in [9.17, 15) is 4.57 Å². The molecule has 0 unspecified atom stereocenters. The lowest BCUT2D eigenvalue weighted by atomic mass is 10.2. The summed E-state index contributed by atoms with van der Waals surface area (Å²) in [5.41, 5.74) is 0. The molecule has 0 aliphatic heterocycles. The van der Waals surface area contributed by atoms with Gasteiger partial charge in [-0.1, -0.05) is 41.5 Å². The third kappa shape index (κ3) is 9.89. The Hall–Kier alpha value is 0.230. The predicted octanol–water partition coefficient (Wildman–Crippen LogP) is 5.49. The number of hydrogen-bond donors (Lipinski definition) is 0. The van der Waals surface area contributed by atoms with Crippen LogP contribution in [-0.2, 0) is 4.57 Å². The van der Waals surface area contributed by atoms with Gasteiger partial charge in [-0.25, -0.2) is 0 Å². The van der Waals surface area contributed by atoms with E-state index < -0.39 is 7.14 Å². The van der Waals surface area contributed by atoms with Gasteiger partial charge in [-0.05, 0) is 37.0 Å². The molecule has 0 radical (unpaired) electrons. The lowest BCUT2D eigenvalue weighted by Crippen LogP contribution is -2.07. The molecule has 0 rings (SSSR count). The zero-order valence-electron chi connectivity index (χ0n) is 12.8. The van der Waals surface area contributed by atoms with Crippen molar-refractivity contribution in [2.75, 3.05) is 18.5 Å². The fourth-order valence-corrected chi connectivity index (χ4v) is 5.45. The molecule has 0 aromatic rings. The number of hydrogen-bond acceptors (Lipinski definition) is 1. The summed E-state index contributed by atoms with van der Waals surface area (Å²) in [6, 6.07) is 0. The highest BCUT2D eigenvalue weighted by Gasteiger charge is 2.22. The van der Waals surface area contributed by atoms with Crippen LogP contribution in [0.3, 0.4) is 0 Å². The summed E-state index contributed by atoms with van der Waals surface area (Å²) in [6.07, 6.45) is 6.33. The molecule has 0 N–H and O–H groups in total. The smallest absolute Gasteiger partial charge is 0.0877 e. The van der Waals surface area contributed by atoms with Crippen molar-refractivity contribution in [3.63, 3.8) is 0 Å². The molecule has 0 spiro atoms. The summed E-state index contributed by atoms with van der Waals surface area (Å²) in [5.74, 6) is 2.05. The van der Waals surface area contributed by atoms with Crippen molar-refractivity contribution in [2.45, 2.75) is 60.8 Å². The Bertz CT molecular complexity index is 193. The SMILES string of the molecule is CC(C)CCP(=O)(CCC(C)C)CCC(C)C. The first-order valence-corrected chi connectivity index (χ1v) is 9.58. The molecule has 0 heterocycles. The highest BCUT2D eigenvalue weighted by Crippen LogP contribution is 2.49. The van der Waals surface area contributed by atoms with E-state index >= 15 is 0 Å². The molecule has 2 heteroatoms. The van der Waals surface area contributed by atoms with Gasteiger partial charge in [0.1, 0.15) is 0 Å². The molecule has 0 bridgehead atoms. The summed E-state index contributed by atoms with van der Waals surface area (Å²) in [7, 11) is -1.88. The molecular formula is C15H33OP. The average molecular weight is 260 g/mol. The van der Waals surface area contributed by atoms with Crippen molar-refractivity contribution < 1.29 is 4.57 Å². The van der Waals surface area contributed by atoms with Gasteiger partial charge in [-0.2, -0.15) is 0 Å². The predicted molar refractivity (Wildman–Crippen MR) is 80.6 cm³/mol. The fraction of sp³-hybridized carbons (Fsp3) is 1.00. The van der Waals surface area contributed by atoms with E-state index in [-0.39, 0.29) is 0 Å². The van der Waals surface area contributed by atoms with Gasteiger partial charge < -0.3 is 4.57 Å². The molecule has 0 aliphatic rings. The monoisotopic (exact) mass is 260 g/mol. The van der Waals surface area contributed by atoms with Gasteiger partial charge in [-0.3, -0.25) is 0 Å². The largest absolute Gasteiger partial charge is 0.324 e. The Morgan fingerprint density at radius 2 is 0.882 bits per heavy atom. The second-order valence-corrected chi connectivity index (χ2v) is 10.2. The maximum absolute atomic E-state index is 12.9. The van der Waals surface area contributed by atoms with Gasteiger partial charge in [0.25, 0.3) is 0 Å². The normalized spacial score (nSPS) is 13.0. The van der Waals surface area contributed by atoms with Crippen LogP contribution in [0.15, 0.2) is 0 Å². The first-order valence-electron chi connectivity index (χ1n) is 7.32. The quantitative estimate of drug-likeness (QED) is 0.501. The van der Waals surface area contributed by atoms with Crippen LogP contribution in [0.1, 0.15) is 60.8 Å². The molecule has 0 fully saturated rings. The molecule has 0 amide bonds. The Labute approximate surface area is 109 Å². The summed E-state index contributed by atoms with van der Waals surface area (Å²) in [5, 5.41) is 0. The van der Waals surface area contributed by atoms with Gasteiger partial charge in [0.05, 0.1) is 7.14 Å². The Kier molecular flexibility index (Phi) is 8.47. The molecule has 0 saturated heterocycles. The molecule has 0 saturated carbocycles. The van der Waals surface area contributed by atoms with E-state index in [0.717, 1.165) is 37.7 Å². The van der Waals surface area contributed by atoms with E-state index in [0.29, 0.717) is 17.8 Å². The summed E-state index contributed by atoms with van der Waals surface area (Å²) in [4.78, 5) is 0. The second kappa shape index (κ2) is 8.35. The Morgan fingerprint density at radius 1 is 0.647 bits per heavy atom. The summed E-state index contributed by atoms with van der Waals surface area (Å²) >= 11 is 0. The molecular weight excluding hydrogens is 227 g/mol. The molecule has 0 aliphatic carbocycles. The minimum absolute atomic E-state index is 0.682. The lowest BCUT2D eigenvalue weighted by Gasteiger charge is -2.21. The van der Waals surface area contributed by atoms with Crippen LogP contribution < -0.4 is 0 Å². The standard InChI is InChI=1S/C15H33OP/c1-13(2)7-10-17(16,11-8-14(3)4)12-9-15(5)6/h13-15H,7-12H2,1-6H3. The molecule has 0 atom stereocenters. The third-order valence-electron chi connectivity index (χ3n) is 3.34. The van der Waals surface area contributed by atoms with E-state index in [1.165, 1.54) is 0 Å². The Balaban J connectivity index is 4.29. The van der Waals surface area contributed by atoms with E-state index in [4.69, 9.17) is 0 Å². The van der Waals surface area contributed by atoms with Gasteiger partial charge in [0.2, 0.25) is 0 Å². The lowest BCUT2D eigenvalue weighted by molar-refractivity contribution is 0.539. The molecule has 1 nitrogen and oxygen atoms in total. The van der Waals surface area contributed by atoms with E-state index in [1.54, 1.807) is 0 Å². The van der Waals surface area contributed by atoms with Gasteiger partial charge in [0, 0.05) is 18.5 Å². The minimum atomic E-state index is -1.88. The van der Waals surface area contributed by atoms with E-state index in [1.807, 2.05) is 0 Å². The van der Waals surface area contributed by atoms with E-state index in [2.05, 4.69) is 41.5 Å². The maximum atomic E-state index is 12.9. The van der Waals surface area contributed by atoms with Crippen molar-refractivity contribution in [3.05, 3.63) is 0 Å². The Morgan fingerprint density at radius 3 is 1.06 bits per heavy atom. The van der Waals surface area contributed by atoms with Crippen LogP contribution in [0, 0.1) is 17.8 Å². The van der Waals surface area contributed by atoms with Crippen LogP contribution in [0.25, 0.3) is 0 Å². The van der Waals surface area contributed by atoms with Crippen LogP contribution >= 0.6 is 7.14 Å². The molecule has 0 aromatic heterocycles. The van der Waals surface area contributed by atoms with Crippen LogP contribution in [0.2, 0.25) is 0 Å². The van der Waals surface area contributed by atoms with Crippen molar-refractivity contribution in [2.24, 2.45) is 17.8 Å². The number of rotatable bonds is 9. The topological polar surface area (TPSA) is 17.1 Å². The molecule has 17 heavy (non-hydrogen) atoms. The minimum Gasteiger partial charge on any atom is -0.324 e. The van der Waals surface area contributed by atoms with Crippen LogP contribution in [0.5, 0.6) is 0 Å². The zero-order valence-corrected chi connectivity index (χ0v) is 13.7. The summed E-state index contributed by atoms with van der Waals surface area (Å²) in [6.45, 7) is 13.4. The zero-order chi connectivity index (χ0) is 13.5. The van der Waals surface area contributed by atoms with Crippen LogP contribution in [0.4, 0.5) is 0 Å². The fourth-order valence-electron chi connectivity index (χ4n) is 1.82. The van der Waals surface area contributed by atoms with Gasteiger partial charge in [-0.15, -0.1) is 0 Å². The van der Waals surface area contributed by atoms with Crippen molar-refractivity contribution in [1.29, 1.82) is 0 Å². The van der Waals surface area contributed by atoms with Crippen LogP contribution in [-0.4, -0.2) is 18.5 Å². The molecule has 0 aromatic carbocycles. The summed E-state index contributed by atoms with van der Waals surface area (Å²) < 4.78 is 12.9. The first kappa shape index (κ1) is 17.2. The van der Waals surface area contributed by atoms with Crippen molar-refractivity contribution in [1.82, 2.24) is 0 Å². The van der Waals surface area contributed by atoms with Crippen molar-refractivity contribution in [3.8, 4) is 0 Å². The maximum Gasteiger partial charge on any atom is 0.0877 e. The van der Waals surface area contributed by atoms with Crippen molar-refractivity contribution >= 4 is 7.14 Å². The highest BCUT2D eigenvalue weighted by atomic mass is 31.2. The van der Waals surface area contributed by atoms with Gasteiger partial charge in [0.15, 0.2) is 0 Å². The highest BCUT2D eigenvalue weighted by molar-refractivity contribution is 7.63. The first-order chi connectivity index (χ1) is 7.75. The molecule has 104 valence electrons. The van der Waals surface area contributed by atoms with Gasteiger partial charge >= 0.3 is 0 Å².